The number of aryl methyl sites for hydroxylation is 2. The molecule has 1 N–H and O–H groups in total. The molecule has 0 atom stereocenters. The third kappa shape index (κ3) is 1.99. The van der Waals surface area contributed by atoms with E-state index in [2.05, 4.69) is 33.7 Å². The van der Waals surface area contributed by atoms with Crippen LogP contribution in [0.4, 0.5) is 5.95 Å². The highest BCUT2D eigenvalue weighted by Crippen LogP contribution is 2.28. The van der Waals surface area contributed by atoms with Gasteiger partial charge in [0.15, 0.2) is 0 Å². The summed E-state index contributed by atoms with van der Waals surface area (Å²) in [5.41, 5.74) is 3.25. The highest BCUT2D eigenvalue weighted by atomic mass is 32.1. The monoisotopic (exact) mass is 219 g/mol. The normalized spacial score (nSPS) is 10.3. The van der Waals surface area contributed by atoms with Crippen molar-refractivity contribution in [2.45, 2.75) is 13.8 Å². The molecule has 0 bridgehead atoms. The van der Waals surface area contributed by atoms with Crippen LogP contribution in [-0.2, 0) is 0 Å². The first kappa shape index (κ1) is 10.1. The van der Waals surface area contributed by atoms with E-state index >= 15 is 0 Å². The SMILES string of the molecule is CNc1nc(C)cc(-c2sccc2C)n1. The van der Waals surface area contributed by atoms with Crippen LogP contribution in [0, 0.1) is 13.8 Å². The summed E-state index contributed by atoms with van der Waals surface area (Å²) in [5, 5.41) is 5.06. The van der Waals surface area contributed by atoms with Crippen LogP contribution < -0.4 is 5.32 Å². The first-order valence-electron chi connectivity index (χ1n) is 4.78. The number of anilines is 1. The van der Waals surface area contributed by atoms with E-state index in [0.717, 1.165) is 11.4 Å². The summed E-state index contributed by atoms with van der Waals surface area (Å²) in [4.78, 5) is 9.94. The van der Waals surface area contributed by atoms with Crippen molar-refractivity contribution in [1.82, 2.24) is 9.97 Å². The highest BCUT2D eigenvalue weighted by Gasteiger charge is 2.07. The van der Waals surface area contributed by atoms with E-state index in [1.807, 2.05) is 20.0 Å². The number of hydrogen-bond donors (Lipinski definition) is 1. The molecular weight excluding hydrogens is 206 g/mol. The van der Waals surface area contributed by atoms with Crippen molar-refractivity contribution in [2.24, 2.45) is 0 Å². The Kier molecular flexibility index (Phi) is 2.68. The summed E-state index contributed by atoms with van der Waals surface area (Å²) in [5.74, 6) is 0.679. The molecule has 15 heavy (non-hydrogen) atoms. The van der Waals surface area contributed by atoms with E-state index in [1.165, 1.54) is 10.4 Å². The lowest BCUT2D eigenvalue weighted by Gasteiger charge is -2.04. The number of thiophene rings is 1. The van der Waals surface area contributed by atoms with Gasteiger partial charge in [0.05, 0.1) is 10.6 Å². The minimum atomic E-state index is 0.679. The minimum absolute atomic E-state index is 0.679. The van der Waals surface area contributed by atoms with Crippen molar-refractivity contribution in [3.05, 3.63) is 28.8 Å². The predicted molar refractivity (Wildman–Crippen MR) is 64.4 cm³/mol. The minimum Gasteiger partial charge on any atom is -0.357 e. The molecule has 0 saturated heterocycles. The van der Waals surface area contributed by atoms with E-state index in [-0.39, 0.29) is 0 Å². The molecule has 0 aliphatic heterocycles. The van der Waals surface area contributed by atoms with E-state index in [1.54, 1.807) is 11.3 Å². The second kappa shape index (κ2) is 3.98. The van der Waals surface area contributed by atoms with Gasteiger partial charge in [-0.25, -0.2) is 9.97 Å². The molecule has 0 amide bonds. The Morgan fingerprint density at radius 3 is 2.67 bits per heavy atom. The second-order valence-corrected chi connectivity index (χ2v) is 4.32. The molecule has 3 nitrogen and oxygen atoms in total. The van der Waals surface area contributed by atoms with Crippen molar-refractivity contribution < 1.29 is 0 Å². The van der Waals surface area contributed by atoms with Gasteiger partial charge in [-0.3, -0.25) is 0 Å². The largest absolute Gasteiger partial charge is 0.357 e. The number of nitrogens with zero attached hydrogens (tertiary/aromatic N) is 2. The van der Waals surface area contributed by atoms with Gasteiger partial charge in [0.2, 0.25) is 5.95 Å². The lowest BCUT2D eigenvalue weighted by Crippen LogP contribution is -1.99. The first-order valence-corrected chi connectivity index (χ1v) is 5.66. The van der Waals surface area contributed by atoms with Crippen LogP contribution in [0.5, 0.6) is 0 Å². The smallest absolute Gasteiger partial charge is 0.223 e. The quantitative estimate of drug-likeness (QED) is 0.844. The molecule has 0 radical (unpaired) electrons. The molecule has 78 valence electrons. The summed E-state index contributed by atoms with van der Waals surface area (Å²) in [6.45, 7) is 4.08. The third-order valence-corrected chi connectivity index (χ3v) is 3.21. The Labute approximate surface area is 93.2 Å². The maximum Gasteiger partial charge on any atom is 0.223 e. The van der Waals surface area contributed by atoms with Gasteiger partial charge >= 0.3 is 0 Å². The summed E-state index contributed by atoms with van der Waals surface area (Å²) < 4.78 is 0. The van der Waals surface area contributed by atoms with Crippen molar-refractivity contribution >= 4 is 17.3 Å². The summed E-state index contributed by atoms with van der Waals surface area (Å²) >= 11 is 1.71. The lowest BCUT2D eigenvalue weighted by atomic mass is 10.2. The van der Waals surface area contributed by atoms with Crippen molar-refractivity contribution in [3.8, 4) is 10.6 Å². The van der Waals surface area contributed by atoms with Crippen molar-refractivity contribution in [3.63, 3.8) is 0 Å². The molecule has 0 aromatic carbocycles. The topological polar surface area (TPSA) is 37.8 Å². The zero-order valence-corrected chi connectivity index (χ0v) is 9.85. The fourth-order valence-corrected chi connectivity index (χ4v) is 2.32. The average molecular weight is 219 g/mol. The Morgan fingerprint density at radius 1 is 1.27 bits per heavy atom. The van der Waals surface area contributed by atoms with Crippen LogP contribution in [0.15, 0.2) is 17.5 Å². The maximum absolute atomic E-state index is 4.44. The Balaban J connectivity index is 2.53. The van der Waals surface area contributed by atoms with Crippen molar-refractivity contribution in [1.29, 1.82) is 0 Å². The third-order valence-electron chi connectivity index (χ3n) is 2.17. The molecule has 4 heteroatoms. The number of nitrogens with one attached hydrogen (secondary N) is 1. The fraction of sp³-hybridized carbons (Fsp3) is 0.273. The first-order chi connectivity index (χ1) is 7.20. The summed E-state index contributed by atoms with van der Waals surface area (Å²) in [7, 11) is 1.83. The van der Waals surface area contributed by atoms with Gasteiger partial charge in [0.1, 0.15) is 0 Å². The fourth-order valence-electron chi connectivity index (χ4n) is 1.43. The second-order valence-electron chi connectivity index (χ2n) is 3.40. The number of hydrogen-bond acceptors (Lipinski definition) is 4. The molecule has 2 aromatic heterocycles. The van der Waals surface area contributed by atoms with Crippen LogP contribution in [0.1, 0.15) is 11.3 Å². The molecular formula is C11H13N3S. The van der Waals surface area contributed by atoms with Crippen LogP contribution >= 0.6 is 11.3 Å². The zero-order chi connectivity index (χ0) is 10.8. The Bertz CT molecular complexity index is 476. The van der Waals surface area contributed by atoms with E-state index in [0.29, 0.717) is 5.95 Å². The highest BCUT2D eigenvalue weighted by molar-refractivity contribution is 7.13. The van der Waals surface area contributed by atoms with Gasteiger partial charge in [0, 0.05) is 12.7 Å². The van der Waals surface area contributed by atoms with Crippen LogP contribution in [-0.4, -0.2) is 17.0 Å². The molecule has 0 fully saturated rings. The van der Waals surface area contributed by atoms with E-state index in [9.17, 15) is 0 Å². The molecule has 2 heterocycles. The summed E-state index contributed by atoms with van der Waals surface area (Å²) in [6.07, 6.45) is 0. The molecule has 0 spiro atoms. The zero-order valence-electron chi connectivity index (χ0n) is 9.03. The van der Waals surface area contributed by atoms with Gasteiger partial charge in [0.25, 0.3) is 0 Å². The van der Waals surface area contributed by atoms with Crippen molar-refractivity contribution in [2.75, 3.05) is 12.4 Å². The summed E-state index contributed by atoms with van der Waals surface area (Å²) in [6, 6.07) is 4.12. The number of aromatic nitrogens is 2. The molecule has 0 aliphatic rings. The van der Waals surface area contributed by atoms with Gasteiger partial charge in [-0.2, -0.15) is 0 Å². The van der Waals surface area contributed by atoms with Gasteiger partial charge in [-0.15, -0.1) is 11.3 Å². The van der Waals surface area contributed by atoms with Crippen LogP contribution in [0.2, 0.25) is 0 Å². The molecule has 0 aliphatic carbocycles. The lowest BCUT2D eigenvalue weighted by molar-refractivity contribution is 1.10. The Hall–Kier alpha value is -1.42. The Morgan fingerprint density at radius 2 is 2.07 bits per heavy atom. The average Bonchev–Trinajstić information content (AvgIpc) is 2.63. The van der Waals surface area contributed by atoms with E-state index in [4.69, 9.17) is 0 Å². The van der Waals surface area contributed by atoms with Gasteiger partial charge < -0.3 is 5.32 Å². The molecule has 2 rings (SSSR count). The molecule has 0 unspecified atom stereocenters. The predicted octanol–water partition coefficient (Wildman–Crippen LogP) is 2.86. The molecule has 0 saturated carbocycles. The maximum atomic E-state index is 4.44. The van der Waals surface area contributed by atoms with E-state index < -0.39 is 0 Å². The number of rotatable bonds is 2. The van der Waals surface area contributed by atoms with Gasteiger partial charge in [-0.1, -0.05) is 0 Å². The molecule has 2 aromatic rings. The van der Waals surface area contributed by atoms with Crippen LogP contribution in [0.3, 0.4) is 0 Å². The standard InChI is InChI=1S/C11H13N3S/c1-7-4-5-15-10(7)9-6-8(2)13-11(12-3)14-9/h4-6H,1-3H3,(H,12,13,14). The van der Waals surface area contributed by atoms with Gasteiger partial charge in [-0.05, 0) is 36.9 Å². The van der Waals surface area contributed by atoms with Crippen LogP contribution in [0.25, 0.3) is 10.6 Å².